The molecule has 1 unspecified atom stereocenters. The fraction of sp³-hybridized carbons (Fsp3) is 0.133. The highest BCUT2D eigenvalue weighted by molar-refractivity contribution is 5.98. The van der Waals surface area contributed by atoms with Crippen LogP contribution in [0, 0.1) is 5.82 Å². The Morgan fingerprint density at radius 2 is 1.84 bits per heavy atom. The van der Waals surface area contributed by atoms with Gasteiger partial charge in [-0.25, -0.2) is 4.39 Å². The van der Waals surface area contributed by atoms with Gasteiger partial charge in [0.15, 0.2) is 0 Å². The maximum Gasteiger partial charge on any atom is 0.231 e. The average molecular weight is 258 g/mol. The fourth-order valence-corrected chi connectivity index (χ4v) is 1.80. The Labute approximate surface area is 111 Å². The summed E-state index contributed by atoms with van der Waals surface area (Å²) in [6.45, 7) is 1.77. The summed E-state index contributed by atoms with van der Waals surface area (Å²) in [5.74, 6) is -1.20. The summed E-state index contributed by atoms with van der Waals surface area (Å²) < 4.78 is 13.6. The number of amides is 1. The minimum atomic E-state index is -0.534. The number of rotatable bonds is 3. The number of nitrogens with one attached hydrogen (secondary N) is 1. The van der Waals surface area contributed by atoms with Crippen LogP contribution in [0.4, 0.5) is 15.8 Å². The first-order chi connectivity index (χ1) is 9.09. The lowest BCUT2D eigenvalue weighted by molar-refractivity contribution is -0.117. The summed E-state index contributed by atoms with van der Waals surface area (Å²) in [5, 5.41) is 2.54. The predicted molar refractivity (Wildman–Crippen MR) is 74.3 cm³/mol. The van der Waals surface area contributed by atoms with Gasteiger partial charge in [-0.05, 0) is 24.6 Å². The number of nitrogens with two attached hydrogens (primary N) is 1. The molecule has 2 aromatic rings. The lowest BCUT2D eigenvalue weighted by atomic mass is 10.0. The Bertz CT molecular complexity index is 564. The molecule has 0 bridgehead atoms. The first kappa shape index (κ1) is 13.1. The zero-order valence-corrected chi connectivity index (χ0v) is 10.6. The zero-order chi connectivity index (χ0) is 13.8. The topological polar surface area (TPSA) is 55.1 Å². The van der Waals surface area contributed by atoms with Crippen molar-refractivity contribution < 1.29 is 9.18 Å². The quantitative estimate of drug-likeness (QED) is 0.831. The van der Waals surface area contributed by atoms with Crippen LogP contribution >= 0.6 is 0 Å². The molecule has 0 spiro atoms. The van der Waals surface area contributed by atoms with Crippen molar-refractivity contribution in [2.45, 2.75) is 12.8 Å². The van der Waals surface area contributed by atoms with E-state index in [-0.39, 0.29) is 23.2 Å². The van der Waals surface area contributed by atoms with E-state index in [0.29, 0.717) is 0 Å². The highest BCUT2D eigenvalue weighted by atomic mass is 19.1. The largest absolute Gasteiger partial charge is 0.397 e. The molecule has 0 saturated heterocycles. The summed E-state index contributed by atoms with van der Waals surface area (Å²) >= 11 is 0. The van der Waals surface area contributed by atoms with Crippen LogP contribution in [0.25, 0.3) is 0 Å². The molecule has 3 N–H and O–H groups in total. The smallest absolute Gasteiger partial charge is 0.231 e. The van der Waals surface area contributed by atoms with E-state index in [4.69, 9.17) is 5.73 Å². The second-order valence-electron chi connectivity index (χ2n) is 4.33. The molecular weight excluding hydrogens is 243 g/mol. The van der Waals surface area contributed by atoms with Crippen molar-refractivity contribution in [3.8, 4) is 0 Å². The second kappa shape index (κ2) is 5.52. The minimum Gasteiger partial charge on any atom is -0.397 e. The highest BCUT2D eigenvalue weighted by Crippen LogP contribution is 2.24. The molecule has 2 rings (SSSR count). The number of carbonyl (C=O) groups is 1. The normalized spacial score (nSPS) is 11.9. The molecule has 0 fully saturated rings. The van der Waals surface area contributed by atoms with E-state index in [1.165, 1.54) is 12.1 Å². The molecule has 3 nitrogen and oxygen atoms in total. The number of anilines is 2. The van der Waals surface area contributed by atoms with Crippen LogP contribution in [0.3, 0.4) is 0 Å². The van der Waals surface area contributed by atoms with Crippen LogP contribution in [0.1, 0.15) is 18.4 Å². The molecule has 0 saturated carbocycles. The van der Waals surface area contributed by atoms with Gasteiger partial charge in [0, 0.05) is 0 Å². The summed E-state index contributed by atoms with van der Waals surface area (Å²) in [6, 6.07) is 13.6. The van der Waals surface area contributed by atoms with Gasteiger partial charge in [-0.15, -0.1) is 0 Å². The molecule has 0 heterocycles. The zero-order valence-electron chi connectivity index (χ0n) is 10.6. The number of carbonyl (C=O) groups excluding carboxylic acids is 1. The Hall–Kier alpha value is -2.36. The summed E-state index contributed by atoms with van der Waals surface area (Å²) in [6.07, 6.45) is 0. The van der Waals surface area contributed by atoms with Crippen LogP contribution in [0.2, 0.25) is 0 Å². The van der Waals surface area contributed by atoms with Gasteiger partial charge in [-0.1, -0.05) is 36.4 Å². The van der Waals surface area contributed by atoms with E-state index in [2.05, 4.69) is 5.32 Å². The Morgan fingerprint density at radius 1 is 1.16 bits per heavy atom. The summed E-state index contributed by atoms with van der Waals surface area (Å²) in [4.78, 5) is 12.1. The second-order valence-corrected chi connectivity index (χ2v) is 4.33. The standard InChI is InChI=1S/C15H15FN2O/c1-10(11-6-3-2-4-7-11)15(19)18-14-12(16)8-5-9-13(14)17/h2-10H,17H2,1H3,(H,18,19). The van der Waals surface area contributed by atoms with Crippen LogP contribution < -0.4 is 11.1 Å². The number of benzene rings is 2. The molecule has 98 valence electrons. The molecule has 1 atom stereocenters. The SMILES string of the molecule is CC(C(=O)Nc1c(N)cccc1F)c1ccccc1. The molecule has 0 aliphatic heterocycles. The van der Waals surface area contributed by atoms with Crippen molar-refractivity contribution >= 4 is 17.3 Å². The van der Waals surface area contributed by atoms with Crippen LogP contribution in [0.15, 0.2) is 48.5 Å². The van der Waals surface area contributed by atoms with E-state index < -0.39 is 5.82 Å². The van der Waals surface area contributed by atoms with Crippen molar-refractivity contribution in [3.63, 3.8) is 0 Å². The molecule has 2 aromatic carbocycles. The fourth-order valence-electron chi connectivity index (χ4n) is 1.80. The third kappa shape index (κ3) is 2.91. The lowest BCUT2D eigenvalue weighted by Crippen LogP contribution is -2.20. The maximum atomic E-state index is 13.6. The van der Waals surface area contributed by atoms with E-state index in [1.54, 1.807) is 13.0 Å². The number of halogens is 1. The molecule has 0 aliphatic carbocycles. The van der Waals surface area contributed by atoms with Crippen molar-refractivity contribution in [3.05, 3.63) is 59.9 Å². The van der Waals surface area contributed by atoms with Crippen molar-refractivity contribution in [2.24, 2.45) is 0 Å². The Balaban J connectivity index is 2.18. The van der Waals surface area contributed by atoms with Crippen molar-refractivity contribution in [2.75, 3.05) is 11.1 Å². The van der Waals surface area contributed by atoms with Gasteiger partial charge in [-0.3, -0.25) is 4.79 Å². The number of para-hydroxylation sites is 1. The third-order valence-corrected chi connectivity index (χ3v) is 2.99. The van der Waals surface area contributed by atoms with Gasteiger partial charge in [0.1, 0.15) is 11.5 Å². The molecule has 19 heavy (non-hydrogen) atoms. The van der Waals surface area contributed by atoms with Gasteiger partial charge in [0.05, 0.1) is 11.6 Å². The van der Waals surface area contributed by atoms with Gasteiger partial charge < -0.3 is 11.1 Å². The molecular formula is C15H15FN2O. The number of hydrogen-bond acceptors (Lipinski definition) is 2. The third-order valence-electron chi connectivity index (χ3n) is 2.99. The number of nitrogen functional groups attached to an aromatic ring is 1. The molecule has 0 aromatic heterocycles. The van der Waals surface area contributed by atoms with Crippen LogP contribution in [-0.4, -0.2) is 5.91 Å². The average Bonchev–Trinajstić information content (AvgIpc) is 2.43. The van der Waals surface area contributed by atoms with Gasteiger partial charge >= 0.3 is 0 Å². The van der Waals surface area contributed by atoms with E-state index >= 15 is 0 Å². The van der Waals surface area contributed by atoms with Gasteiger partial charge in [-0.2, -0.15) is 0 Å². The van der Waals surface area contributed by atoms with Crippen LogP contribution in [0.5, 0.6) is 0 Å². The molecule has 4 heteroatoms. The monoisotopic (exact) mass is 258 g/mol. The van der Waals surface area contributed by atoms with Crippen LogP contribution in [-0.2, 0) is 4.79 Å². The summed E-state index contributed by atoms with van der Waals surface area (Å²) in [5.41, 5.74) is 6.78. The predicted octanol–water partition coefficient (Wildman–Crippen LogP) is 3.15. The van der Waals surface area contributed by atoms with E-state index in [0.717, 1.165) is 5.56 Å². The first-order valence-corrected chi connectivity index (χ1v) is 5.99. The number of hydrogen-bond donors (Lipinski definition) is 2. The molecule has 1 amide bonds. The maximum absolute atomic E-state index is 13.6. The summed E-state index contributed by atoms with van der Waals surface area (Å²) in [7, 11) is 0. The van der Waals surface area contributed by atoms with Crippen molar-refractivity contribution in [1.29, 1.82) is 0 Å². The van der Waals surface area contributed by atoms with E-state index in [9.17, 15) is 9.18 Å². The minimum absolute atomic E-state index is 0.0373. The first-order valence-electron chi connectivity index (χ1n) is 5.99. The van der Waals surface area contributed by atoms with Crippen molar-refractivity contribution in [1.82, 2.24) is 0 Å². The molecule has 0 radical (unpaired) electrons. The highest BCUT2D eigenvalue weighted by Gasteiger charge is 2.17. The van der Waals surface area contributed by atoms with Gasteiger partial charge in [0.2, 0.25) is 5.91 Å². The van der Waals surface area contributed by atoms with E-state index in [1.807, 2.05) is 30.3 Å². The Kier molecular flexibility index (Phi) is 3.80. The molecule has 0 aliphatic rings. The lowest BCUT2D eigenvalue weighted by Gasteiger charge is -2.14. The Morgan fingerprint density at radius 3 is 2.47 bits per heavy atom. The van der Waals surface area contributed by atoms with Gasteiger partial charge in [0.25, 0.3) is 0 Å².